The molecule has 1 aliphatic rings. The molecule has 8 aromatic rings. The van der Waals surface area contributed by atoms with Gasteiger partial charge in [0.15, 0.2) is 0 Å². The molecule has 0 bridgehead atoms. The third kappa shape index (κ3) is 3.47. The fraction of sp³-hybridized carbons (Fsp3) is 0.0698. The highest BCUT2D eigenvalue weighted by atomic mass is 16.3. The van der Waals surface area contributed by atoms with Crippen molar-refractivity contribution >= 4 is 32.3 Å². The van der Waals surface area contributed by atoms with Crippen molar-refractivity contribution in [3.8, 4) is 44.7 Å². The molecule has 1 aliphatic carbocycles. The third-order valence-corrected chi connectivity index (χ3v) is 9.75. The van der Waals surface area contributed by atoms with Gasteiger partial charge in [-0.2, -0.15) is 0 Å². The summed E-state index contributed by atoms with van der Waals surface area (Å²) in [5.41, 5.74) is 11.5. The number of furan rings is 1. The van der Waals surface area contributed by atoms with Gasteiger partial charge in [-0.25, -0.2) is 0 Å². The zero-order chi connectivity index (χ0) is 29.4. The smallest absolute Gasteiger partial charge is 0.133 e. The quantitative estimate of drug-likeness (QED) is 0.195. The second-order valence-electron chi connectivity index (χ2n) is 12.5. The molecule has 0 spiro atoms. The first-order chi connectivity index (χ1) is 21.6. The molecule has 1 heterocycles. The lowest BCUT2D eigenvalue weighted by molar-refractivity contribution is 0.582. The van der Waals surface area contributed by atoms with Crippen LogP contribution >= 0.6 is 0 Å². The molecule has 44 heavy (non-hydrogen) atoms. The number of fused-ring (bicyclic) bond motifs is 7. The normalized spacial score (nSPS) is 13.4. The number of hydrogen-bond acceptors (Lipinski definition) is 1. The van der Waals surface area contributed by atoms with Crippen LogP contribution in [0.2, 0.25) is 0 Å². The predicted molar refractivity (Wildman–Crippen MR) is 185 cm³/mol. The van der Waals surface area contributed by atoms with E-state index in [9.17, 15) is 0 Å². The molecule has 0 amide bonds. The SMILES string of the molecule is CC1(C)c2ccccc2-c2c1cc(-c1c3ccccc3c(-c3ccccc3)c3ccc(-c4ccco4)cc13)c1ccccc21. The van der Waals surface area contributed by atoms with Gasteiger partial charge in [-0.15, -0.1) is 0 Å². The third-order valence-electron chi connectivity index (χ3n) is 9.75. The first-order valence-electron chi connectivity index (χ1n) is 15.4. The van der Waals surface area contributed by atoms with Gasteiger partial charge in [0, 0.05) is 11.0 Å². The summed E-state index contributed by atoms with van der Waals surface area (Å²) >= 11 is 0. The maximum Gasteiger partial charge on any atom is 0.133 e. The molecule has 9 rings (SSSR count). The zero-order valence-corrected chi connectivity index (χ0v) is 24.8. The molecule has 1 nitrogen and oxygen atoms in total. The lowest BCUT2D eigenvalue weighted by Crippen LogP contribution is -2.15. The van der Waals surface area contributed by atoms with Crippen molar-refractivity contribution in [2.24, 2.45) is 0 Å². The molecule has 1 heteroatoms. The second kappa shape index (κ2) is 9.30. The molecule has 0 N–H and O–H groups in total. The largest absolute Gasteiger partial charge is 0.464 e. The van der Waals surface area contributed by atoms with E-state index < -0.39 is 0 Å². The predicted octanol–water partition coefficient (Wildman–Crippen LogP) is 12.0. The van der Waals surface area contributed by atoms with Crippen molar-refractivity contribution < 1.29 is 4.42 Å². The van der Waals surface area contributed by atoms with E-state index in [1.807, 2.05) is 12.1 Å². The summed E-state index contributed by atoms with van der Waals surface area (Å²) in [6, 6.07) is 51.0. The second-order valence-corrected chi connectivity index (χ2v) is 12.5. The number of hydrogen-bond donors (Lipinski definition) is 0. The molecular formula is C43H30O. The summed E-state index contributed by atoms with van der Waals surface area (Å²) in [5.74, 6) is 0.877. The van der Waals surface area contributed by atoms with Gasteiger partial charge in [-0.1, -0.05) is 129 Å². The highest BCUT2D eigenvalue weighted by molar-refractivity contribution is 6.25. The Morgan fingerprint density at radius 1 is 0.409 bits per heavy atom. The van der Waals surface area contributed by atoms with Crippen molar-refractivity contribution in [3.63, 3.8) is 0 Å². The van der Waals surface area contributed by atoms with Crippen molar-refractivity contribution in [1.29, 1.82) is 0 Å². The highest BCUT2D eigenvalue weighted by Gasteiger charge is 2.37. The van der Waals surface area contributed by atoms with Crippen LogP contribution < -0.4 is 0 Å². The number of benzene rings is 7. The van der Waals surface area contributed by atoms with E-state index in [-0.39, 0.29) is 5.41 Å². The molecule has 208 valence electrons. The van der Waals surface area contributed by atoms with Gasteiger partial charge in [-0.3, -0.25) is 0 Å². The van der Waals surface area contributed by atoms with Gasteiger partial charge in [0.1, 0.15) is 5.76 Å². The Hall–Kier alpha value is -5.40. The molecule has 0 aliphatic heterocycles. The van der Waals surface area contributed by atoms with E-state index in [0.29, 0.717) is 0 Å². The van der Waals surface area contributed by atoms with Crippen LogP contribution in [0.15, 0.2) is 150 Å². The van der Waals surface area contributed by atoms with E-state index in [2.05, 4.69) is 141 Å². The van der Waals surface area contributed by atoms with Crippen LogP contribution in [0.1, 0.15) is 25.0 Å². The molecule has 0 fully saturated rings. The summed E-state index contributed by atoms with van der Waals surface area (Å²) in [5, 5.41) is 7.58. The minimum atomic E-state index is -0.111. The standard InChI is InChI=1S/C43H30O/c1-43(2)37-20-11-10-19-34(37)42-30-16-7-6-15-29(30)36(26-38(42)43)41-32-18-9-8-17-31(32)40(27-13-4-3-5-14-27)33-23-22-28(25-35(33)41)39-21-12-24-44-39/h3-26H,1-2H3. The Kier molecular flexibility index (Phi) is 5.31. The Labute approximate surface area is 257 Å². The Morgan fingerprint density at radius 2 is 1.05 bits per heavy atom. The van der Waals surface area contributed by atoms with Gasteiger partial charge in [0.05, 0.1) is 6.26 Å². The molecule has 7 aromatic carbocycles. The van der Waals surface area contributed by atoms with Crippen molar-refractivity contribution in [2.75, 3.05) is 0 Å². The summed E-state index contributed by atoms with van der Waals surface area (Å²) in [4.78, 5) is 0. The maximum absolute atomic E-state index is 5.91. The van der Waals surface area contributed by atoms with Gasteiger partial charge in [0.2, 0.25) is 0 Å². The van der Waals surface area contributed by atoms with Gasteiger partial charge in [0.25, 0.3) is 0 Å². The topological polar surface area (TPSA) is 13.1 Å². The Bertz CT molecular complexity index is 2390. The molecule has 1 aromatic heterocycles. The summed E-state index contributed by atoms with van der Waals surface area (Å²) in [6.45, 7) is 4.75. The van der Waals surface area contributed by atoms with Crippen LogP contribution in [-0.4, -0.2) is 0 Å². The van der Waals surface area contributed by atoms with Crippen molar-refractivity contribution in [3.05, 3.63) is 157 Å². The molecular weight excluding hydrogens is 532 g/mol. The first kappa shape index (κ1) is 25.1. The fourth-order valence-electron chi connectivity index (χ4n) is 7.74. The molecule has 0 atom stereocenters. The van der Waals surface area contributed by atoms with E-state index in [0.717, 1.165) is 11.3 Å². The molecule has 0 saturated carbocycles. The van der Waals surface area contributed by atoms with Crippen LogP contribution in [0.3, 0.4) is 0 Å². The monoisotopic (exact) mass is 562 g/mol. The highest BCUT2D eigenvalue weighted by Crippen LogP contribution is 2.54. The lowest BCUT2D eigenvalue weighted by Gasteiger charge is -2.24. The Balaban J connectivity index is 1.48. The Morgan fingerprint density at radius 3 is 1.80 bits per heavy atom. The van der Waals surface area contributed by atoms with E-state index >= 15 is 0 Å². The van der Waals surface area contributed by atoms with Crippen LogP contribution in [0.4, 0.5) is 0 Å². The molecule has 0 unspecified atom stereocenters. The maximum atomic E-state index is 5.91. The van der Waals surface area contributed by atoms with Crippen LogP contribution in [0, 0.1) is 0 Å². The van der Waals surface area contributed by atoms with Crippen molar-refractivity contribution in [1.82, 2.24) is 0 Å². The van der Waals surface area contributed by atoms with Gasteiger partial charge in [-0.05, 0) is 101 Å². The minimum absolute atomic E-state index is 0.111. The van der Waals surface area contributed by atoms with Crippen LogP contribution in [0.25, 0.3) is 77.0 Å². The van der Waals surface area contributed by atoms with E-state index in [1.54, 1.807) is 6.26 Å². The first-order valence-corrected chi connectivity index (χ1v) is 15.4. The van der Waals surface area contributed by atoms with Gasteiger partial charge >= 0.3 is 0 Å². The average Bonchev–Trinajstić information content (AvgIpc) is 3.69. The molecule has 0 saturated heterocycles. The lowest BCUT2D eigenvalue weighted by atomic mass is 9.79. The van der Waals surface area contributed by atoms with Crippen LogP contribution in [-0.2, 0) is 5.41 Å². The molecule has 0 radical (unpaired) electrons. The summed E-state index contributed by atoms with van der Waals surface area (Å²) in [6.07, 6.45) is 1.75. The average molecular weight is 563 g/mol. The summed E-state index contributed by atoms with van der Waals surface area (Å²) in [7, 11) is 0. The summed E-state index contributed by atoms with van der Waals surface area (Å²) < 4.78 is 5.91. The van der Waals surface area contributed by atoms with Crippen molar-refractivity contribution in [2.45, 2.75) is 19.3 Å². The van der Waals surface area contributed by atoms with Gasteiger partial charge < -0.3 is 4.42 Å². The van der Waals surface area contributed by atoms with Crippen LogP contribution in [0.5, 0.6) is 0 Å². The van der Waals surface area contributed by atoms with E-state index in [1.165, 1.54) is 76.8 Å². The minimum Gasteiger partial charge on any atom is -0.464 e. The number of rotatable bonds is 3. The fourth-order valence-corrected chi connectivity index (χ4v) is 7.74. The zero-order valence-electron chi connectivity index (χ0n) is 24.8. The van der Waals surface area contributed by atoms with E-state index in [4.69, 9.17) is 4.42 Å².